The first-order valence-corrected chi connectivity index (χ1v) is 7.40. The zero-order chi connectivity index (χ0) is 16.6. The minimum Gasteiger partial charge on any atom is -0.206 e. The van der Waals surface area contributed by atoms with Gasteiger partial charge in [0.2, 0.25) is 0 Å². The highest BCUT2D eigenvalue weighted by Crippen LogP contribution is 2.43. The third-order valence-electron chi connectivity index (χ3n) is 4.69. The van der Waals surface area contributed by atoms with Crippen LogP contribution in [0.3, 0.4) is 0 Å². The minimum atomic E-state index is -1.65. The zero-order valence-electron chi connectivity index (χ0n) is 12.1. The van der Waals surface area contributed by atoms with Gasteiger partial charge in [-0.05, 0) is 33.0 Å². The molecule has 0 N–H and O–H groups in total. The second kappa shape index (κ2) is 4.35. The third-order valence-corrected chi connectivity index (χ3v) is 4.69. The molecule has 0 fully saturated rings. The standard InChI is InChI=1S/C20H8F4/c21-13-8-7-11-10-5-1-3-9-4-2-6-12(14(9)10)16-15(11)17(13)19(23)20(24)18(16)22/h1-8H. The van der Waals surface area contributed by atoms with Crippen molar-refractivity contribution < 1.29 is 17.6 Å². The third kappa shape index (κ3) is 1.44. The molecule has 5 rings (SSSR count). The highest BCUT2D eigenvalue weighted by molar-refractivity contribution is 6.33. The lowest BCUT2D eigenvalue weighted by molar-refractivity contribution is 0.456. The molecule has 0 aliphatic rings. The molecule has 0 heterocycles. The van der Waals surface area contributed by atoms with E-state index in [1.807, 2.05) is 24.3 Å². The molecule has 5 aromatic carbocycles. The fourth-order valence-corrected chi connectivity index (χ4v) is 3.73. The Hall–Kier alpha value is -2.88. The summed E-state index contributed by atoms with van der Waals surface area (Å²) in [6.07, 6.45) is 0. The largest absolute Gasteiger partial charge is 0.206 e. The summed E-state index contributed by atoms with van der Waals surface area (Å²) in [7, 11) is 0. The number of halogens is 4. The Kier molecular flexibility index (Phi) is 2.46. The zero-order valence-corrected chi connectivity index (χ0v) is 12.1. The van der Waals surface area contributed by atoms with Crippen LogP contribution in [0, 0.1) is 23.3 Å². The van der Waals surface area contributed by atoms with Gasteiger partial charge in [-0.3, -0.25) is 0 Å². The van der Waals surface area contributed by atoms with Gasteiger partial charge in [0.05, 0.1) is 5.39 Å². The minimum absolute atomic E-state index is 0.0808. The van der Waals surface area contributed by atoms with Crippen LogP contribution in [0.1, 0.15) is 0 Å². The maximum absolute atomic E-state index is 14.6. The molecule has 0 aliphatic heterocycles. The van der Waals surface area contributed by atoms with E-state index < -0.39 is 28.7 Å². The Morgan fingerprint density at radius 2 is 1.08 bits per heavy atom. The molecule has 0 nitrogen and oxygen atoms in total. The summed E-state index contributed by atoms with van der Waals surface area (Å²) in [6, 6.07) is 13.3. The second-order valence-electron chi connectivity index (χ2n) is 5.87. The van der Waals surface area contributed by atoms with E-state index in [-0.39, 0.29) is 10.8 Å². The van der Waals surface area contributed by atoms with E-state index in [1.165, 1.54) is 6.07 Å². The molecular formula is C20H8F4. The molecule has 0 bridgehead atoms. The van der Waals surface area contributed by atoms with E-state index in [1.54, 1.807) is 12.1 Å². The molecule has 0 radical (unpaired) electrons. The van der Waals surface area contributed by atoms with Crippen molar-refractivity contribution >= 4 is 43.1 Å². The lowest BCUT2D eigenvalue weighted by Gasteiger charge is -2.16. The van der Waals surface area contributed by atoms with E-state index >= 15 is 0 Å². The first-order valence-electron chi connectivity index (χ1n) is 7.40. The summed E-state index contributed by atoms with van der Waals surface area (Å²) < 4.78 is 57.2. The van der Waals surface area contributed by atoms with Crippen LogP contribution in [-0.2, 0) is 0 Å². The van der Waals surface area contributed by atoms with Crippen molar-refractivity contribution in [1.29, 1.82) is 0 Å². The van der Waals surface area contributed by atoms with Crippen LogP contribution in [0.5, 0.6) is 0 Å². The van der Waals surface area contributed by atoms with Crippen molar-refractivity contribution in [3.8, 4) is 0 Å². The average Bonchev–Trinajstić information content (AvgIpc) is 2.59. The molecule has 0 aromatic heterocycles. The number of benzene rings is 5. The van der Waals surface area contributed by atoms with Crippen molar-refractivity contribution in [2.24, 2.45) is 0 Å². The monoisotopic (exact) mass is 324 g/mol. The highest BCUT2D eigenvalue weighted by Gasteiger charge is 2.24. The first-order chi connectivity index (χ1) is 11.6. The van der Waals surface area contributed by atoms with Gasteiger partial charge >= 0.3 is 0 Å². The van der Waals surface area contributed by atoms with Gasteiger partial charge in [0.15, 0.2) is 17.5 Å². The molecule has 0 aliphatic carbocycles. The van der Waals surface area contributed by atoms with Crippen LogP contribution in [-0.4, -0.2) is 0 Å². The van der Waals surface area contributed by atoms with Crippen LogP contribution in [0.2, 0.25) is 0 Å². The molecule has 0 atom stereocenters. The molecule has 5 aromatic rings. The van der Waals surface area contributed by atoms with Gasteiger partial charge in [-0.1, -0.05) is 42.5 Å². The molecule has 0 spiro atoms. The number of hydrogen-bond donors (Lipinski definition) is 0. The quantitative estimate of drug-likeness (QED) is 0.136. The Labute approximate surface area is 133 Å². The Morgan fingerprint density at radius 3 is 1.83 bits per heavy atom. The summed E-state index contributed by atoms with van der Waals surface area (Å²) >= 11 is 0. The van der Waals surface area contributed by atoms with Gasteiger partial charge < -0.3 is 0 Å². The van der Waals surface area contributed by atoms with Crippen LogP contribution in [0.15, 0.2) is 48.5 Å². The van der Waals surface area contributed by atoms with Gasteiger partial charge in [0, 0.05) is 10.8 Å². The van der Waals surface area contributed by atoms with Gasteiger partial charge in [-0.15, -0.1) is 0 Å². The summed E-state index contributed by atoms with van der Waals surface area (Å²) in [4.78, 5) is 0. The van der Waals surface area contributed by atoms with Crippen LogP contribution in [0.4, 0.5) is 17.6 Å². The smallest absolute Gasteiger partial charge is 0.195 e. The number of hydrogen-bond acceptors (Lipinski definition) is 0. The van der Waals surface area contributed by atoms with Crippen molar-refractivity contribution in [3.05, 3.63) is 71.8 Å². The van der Waals surface area contributed by atoms with Crippen molar-refractivity contribution in [1.82, 2.24) is 0 Å². The maximum atomic E-state index is 14.6. The van der Waals surface area contributed by atoms with Gasteiger partial charge in [0.1, 0.15) is 5.82 Å². The van der Waals surface area contributed by atoms with E-state index in [2.05, 4.69) is 0 Å². The van der Waals surface area contributed by atoms with E-state index in [0.29, 0.717) is 10.8 Å². The van der Waals surface area contributed by atoms with Crippen LogP contribution in [0.25, 0.3) is 43.1 Å². The predicted molar refractivity (Wildman–Crippen MR) is 87.5 cm³/mol. The first kappa shape index (κ1) is 13.5. The van der Waals surface area contributed by atoms with Crippen molar-refractivity contribution in [3.63, 3.8) is 0 Å². The van der Waals surface area contributed by atoms with Crippen LogP contribution >= 0.6 is 0 Å². The van der Waals surface area contributed by atoms with Gasteiger partial charge in [-0.2, -0.15) is 0 Å². The highest BCUT2D eigenvalue weighted by atomic mass is 19.2. The number of fused-ring (bicyclic) bond motifs is 2. The van der Waals surface area contributed by atoms with Crippen LogP contribution < -0.4 is 0 Å². The second-order valence-corrected chi connectivity index (χ2v) is 5.87. The summed E-state index contributed by atoms with van der Waals surface area (Å²) in [6.45, 7) is 0. The Morgan fingerprint density at radius 1 is 0.458 bits per heavy atom. The molecular weight excluding hydrogens is 316 g/mol. The molecule has 116 valence electrons. The summed E-state index contributed by atoms with van der Waals surface area (Å²) in [5.41, 5.74) is 0. The van der Waals surface area contributed by atoms with E-state index in [4.69, 9.17) is 0 Å². The summed E-state index contributed by atoms with van der Waals surface area (Å²) in [5, 5.41) is 2.81. The van der Waals surface area contributed by atoms with Gasteiger partial charge in [0.25, 0.3) is 0 Å². The maximum Gasteiger partial charge on any atom is 0.195 e. The molecule has 0 amide bonds. The topological polar surface area (TPSA) is 0 Å². The van der Waals surface area contributed by atoms with E-state index in [9.17, 15) is 17.6 Å². The fourth-order valence-electron chi connectivity index (χ4n) is 3.73. The van der Waals surface area contributed by atoms with Crippen molar-refractivity contribution in [2.75, 3.05) is 0 Å². The average molecular weight is 324 g/mol. The van der Waals surface area contributed by atoms with Gasteiger partial charge in [-0.25, -0.2) is 17.6 Å². The molecule has 0 saturated heterocycles. The lowest BCUT2D eigenvalue weighted by atomic mass is 9.89. The Balaban J connectivity index is 2.32. The predicted octanol–water partition coefficient (Wildman–Crippen LogP) is 6.29. The fraction of sp³-hybridized carbons (Fsp3) is 0. The molecule has 24 heavy (non-hydrogen) atoms. The lowest BCUT2D eigenvalue weighted by Crippen LogP contribution is -1.99. The molecule has 4 heteroatoms. The van der Waals surface area contributed by atoms with Crippen molar-refractivity contribution in [2.45, 2.75) is 0 Å². The van der Waals surface area contributed by atoms with E-state index in [0.717, 1.165) is 22.2 Å². The molecule has 0 saturated carbocycles. The molecule has 0 unspecified atom stereocenters. The Bertz CT molecular complexity index is 1280. The SMILES string of the molecule is Fc1c(F)c2c(F)ccc3c4cccc5cccc(c(c1F)c23)c54. The normalized spacial score (nSPS) is 12.2. The summed E-state index contributed by atoms with van der Waals surface area (Å²) in [5.74, 6) is -5.33. The number of rotatable bonds is 0.